The largest absolute Gasteiger partial charge is 0.486 e. The van der Waals surface area contributed by atoms with Crippen LogP contribution in [0.1, 0.15) is 72.2 Å². The lowest BCUT2D eigenvalue weighted by Crippen LogP contribution is -2.49. The molecular formula is C37H47N5O5. The van der Waals surface area contributed by atoms with E-state index in [0.717, 1.165) is 37.7 Å². The lowest BCUT2D eigenvalue weighted by Gasteiger charge is -2.38. The molecule has 2 aliphatic rings. The average molecular weight is 642 g/mol. The minimum absolute atomic E-state index is 0.0390. The molecule has 0 aromatic heterocycles. The molecule has 1 fully saturated rings. The van der Waals surface area contributed by atoms with E-state index in [1.54, 1.807) is 47.4 Å². The van der Waals surface area contributed by atoms with E-state index in [1.807, 2.05) is 45.2 Å². The number of hydrogen-bond donors (Lipinski definition) is 4. The van der Waals surface area contributed by atoms with Gasteiger partial charge >= 0.3 is 0 Å². The first kappa shape index (κ1) is 33.9. The molecular weight excluding hydrogens is 594 g/mol. The molecule has 3 amide bonds. The fourth-order valence-corrected chi connectivity index (χ4v) is 6.41. The predicted octanol–water partition coefficient (Wildman–Crippen LogP) is 5.39. The Labute approximate surface area is 277 Å². The molecule has 3 atom stereocenters. The number of para-hydroxylation sites is 3. The minimum atomic E-state index is -0.385. The second-order valence-electron chi connectivity index (χ2n) is 13.1. The van der Waals surface area contributed by atoms with E-state index in [1.165, 1.54) is 0 Å². The number of hydrogen-bond acceptors (Lipinski definition) is 7. The van der Waals surface area contributed by atoms with Crippen LogP contribution < -0.4 is 21.1 Å². The fourth-order valence-electron chi connectivity index (χ4n) is 6.41. The number of fused-ring (bicyclic) bond motifs is 1. The number of nitrogen functional groups attached to an aromatic ring is 1. The van der Waals surface area contributed by atoms with Gasteiger partial charge in [-0.25, -0.2) is 0 Å². The van der Waals surface area contributed by atoms with Gasteiger partial charge in [-0.15, -0.1) is 0 Å². The van der Waals surface area contributed by atoms with Crippen LogP contribution in [0.3, 0.4) is 0 Å². The van der Waals surface area contributed by atoms with Gasteiger partial charge in [-0.05, 0) is 68.8 Å². The van der Waals surface area contributed by atoms with Crippen molar-refractivity contribution in [2.45, 2.75) is 64.6 Å². The van der Waals surface area contributed by atoms with Crippen molar-refractivity contribution >= 4 is 34.8 Å². The number of benzene rings is 3. The summed E-state index contributed by atoms with van der Waals surface area (Å²) >= 11 is 0. The molecule has 1 aliphatic heterocycles. The van der Waals surface area contributed by atoms with Crippen LogP contribution in [0.15, 0.2) is 66.7 Å². The molecule has 47 heavy (non-hydrogen) atoms. The third kappa shape index (κ3) is 8.31. The number of anilines is 3. The molecule has 3 aromatic rings. The van der Waals surface area contributed by atoms with Crippen molar-refractivity contribution in [2.75, 3.05) is 43.1 Å². The Morgan fingerprint density at radius 1 is 1.00 bits per heavy atom. The number of carbonyl (C=O) groups excluding carboxylic acids is 3. The number of rotatable bonds is 10. The van der Waals surface area contributed by atoms with Crippen molar-refractivity contribution in [2.24, 2.45) is 11.8 Å². The maximum absolute atomic E-state index is 13.8. The normalized spacial score (nSPS) is 19.3. The van der Waals surface area contributed by atoms with Crippen molar-refractivity contribution in [3.8, 4) is 5.75 Å². The number of aliphatic hydroxyl groups is 1. The second kappa shape index (κ2) is 15.5. The van der Waals surface area contributed by atoms with Crippen LogP contribution >= 0.6 is 0 Å². The van der Waals surface area contributed by atoms with Crippen LogP contribution in [-0.2, 0) is 11.3 Å². The average Bonchev–Trinajstić information content (AvgIpc) is 3.08. The molecule has 10 nitrogen and oxygen atoms in total. The van der Waals surface area contributed by atoms with E-state index in [-0.39, 0.29) is 48.3 Å². The van der Waals surface area contributed by atoms with Crippen molar-refractivity contribution in [1.82, 2.24) is 9.80 Å². The zero-order valence-corrected chi connectivity index (χ0v) is 27.6. The van der Waals surface area contributed by atoms with Crippen LogP contribution in [0.2, 0.25) is 0 Å². The summed E-state index contributed by atoms with van der Waals surface area (Å²) in [7, 11) is 2.00. The van der Waals surface area contributed by atoms with Gasteiger partial charge in [-0.3, -0.25) is 19.3 Å². The predicted molar refractivity (Wildman–Crippen MR) is 184 cm³/mol. The number of amides is 3. The van der Waals surface area contributed by atoms with Crippen LogP contribution in [0, 0.1) is 11.8 Å². The highest BCUT2D eigenvalue weighted by atomic mass is 16.5. The standard InChI is InChI=1S/C37H47N5O5/c1-24-20-42(25(2)23-43)37(46)29-12-9-15-32(40-35(44)27-10-5-4-6-11-27)34(29)47-33(24)22-41(3)21-26-16-18-28(19-17-26)36(45)39-31-14-8-7-13-30(31)38/h7-9,12-19,24-25,27,33,43H,4-6,10-11,20-23,38H2,1-3H3,(H,39,45)(H,40,44)/t24-,25+,33-/m1/s1. The topological polar surface area (TPSA) is 137 Å². The number of ether oxygens (including phenoxy) is 1. The van der Waals surface area contributed by atoms with E-state index in [4.69, 9.17) is 10.5 Å². The fraction of sp³-hybridized carbons (Fsp3) is 0.432. The van der Waals surface area contributed by atoms with Gasteiger partial charge in [0.1, 0.15) is 6.10 Å². The molecule has 0 radical (unpaired) electrons. The Kier molecular flexibility index (Phi) is 11.2. The number of carbonyl (C=O) groups is 3. The monoisotopic (exact) mass is 641 g/mol. The van der Waals surface area contributed by atoms with Crippen molar-refractivity contribution in [3.05, 3.63) is 83.4 Å². The van der Waals surface area contributed by atoms with Gasteiger partial charge in [0.25, 0.3) is 11.8 Å². The maximum atomic E-state index is 13.8. The summed E-state index contributed by atoms with van der Waals surface area (Å²) < 4.78 is 6.70. The summed E-state index contributed by atoms with van der Waals surface area (Å²) in [4.78, 5) is 43.7. The Hall–Kier alpha value is -4.41. The highest BCUT2D eigenvalue weighted by Gasteiger charge is 2.35. The summed E-state index contributed by atoms with van der Waals surface area (Å²) in [5.41, 5.74) is 9.47. The number of nitrogens with one attached hydrogen (secondary N) is 2. The second-order valence-corrected chi connectivity index (χ2v) is 13.1. The Balaban J connectivity index is 1.32. The molecule has 1 saturated carbocycles. The first-order chi connectivity index (χ1) is 22.6. The van der Waals surface area contributed by atoms with Gasteiger partial charge in [0.15, 0.2) is 5.75 Å². The van der Waals surface area contributed by atoms with Crippen molar-refractivity contribution < 1.29 is 24.2 Å². The SMILES string of the molecule is C[C@@H]1CN([C@@H](C)CO)C(=O)c2cccc(NC(=O)C3CCCCC3)c2O[C@@H]1CN(C)Cc1ccc(C(=O)Nc2ccccc2N)cc1. The van der Waals surface area contributed by atoms with Gasteiger partial charge < -0.3 is 31.1 Å². The molecule has 0 spiro atoms. The van der Waals surface area contributed by atoms with Gasteiger partial charge in [0, 0.05) is 37.0 Å². The molecule has 10 heteroatoms. The first-order valence-electron chi connectivity index (χ1n) is 16.6. The number of likely N-dealkylation sites (N-methyl/N-ethyl adjacent to an activating group) is 1. The molecule has 3 aromatic carbocycles. The van der Waals surface area contributed by atoms with Crippen LogP contribution in [0.25, 0.3) is 0 Å². The van der Waals surface area contributed by atoms with E-state index in [9.17, 15) is 19.5 Å². The van der Waals surface area contributed by atoms with Gasteiger partial charge in [-0.1, -0.05) is 56.5 Å². The zero-order chi connectivity index (χ0) is 33.5. The van der Waals surface area contributed by atoms with Gasteiger partial charge in [0.2, 0.25) is 5.91 Å². The number of aliphatic hydroxyl groups excluding tert-OH is 1. The number of nitrogens with two attached hydrogens (primary N) is 1. The highest BCUT2D eigenvalue weighted by molar-refractivity contribution is 6.05. The Morgan fingerprint density at radius 2 is 1.70 bits per heavy atom. The summed E-state index contributed by atoms with van der Waals surface area (Å²) in [5.74, 6) is -0.264. The summed E-state index contributed by atoms with van der Waals surface area (Å²) in [6.07, 6.45) is 4.63. The van der Waals surface area contributed by atoms with E-state index >= 15 is 0 Å². The molecule has 0 bridgehead atoms. The number of nitrogens with zero attached hydrogens (tertiary/aromatic N) is 2. The minimum Gasteiger partial charge on any atom is -0.486 e. The van der Waals surface area contributed by atoms with Gasteiger partial charge in [0.05, 0.1) is 35.3 Å². The summed E-state index contributed by atoms with van der Waals surface area (Å²) in [5, 5.41) is 16.0. The van der Waals surface area contributed by atoms with Crippen molar-refractivity contribution in [1.29, 1.82) is 0 Å². The van der Waals surface area contributed by atoms with E-state index in [2.05, 4.69) is 15.5 Å². The molecule has 5 rings (SSSR count). The van der Waals surface area contributed by atoms with E-state index in [0.29, 0.717) is 53.6 Å². The molecule has 0 saturated heterocycles. The van der Waals surface area contributed by atoms with E-state index < -0.39 is 0 Å². The van der Waals surface area contributed by atoms with Crippen molar-refractivity contribution in [3.63, 3.8) is 0 Å². The quantitative estimate of drug-likeness (QED) is 0.218. The van der Waals surface area contributed by atoms with Crippen LogP contribution in [0.5, 0.6) is 5.75 Å². The first-order valence-corrected chi connectivity index (χ1v) is 16.6. The highest BCUT2D eigenvalue weighted by Crippen LogP contribution is 2.36. The van der Waals surface area contributed by atoms with Gasteiger partial charge in [-0.2, -0.15) is 0 Å². The van der Waals surface area contributed by atoms with Crippen LogP contribution in [0.4, 0.5) is 17.1 Å². The lowest BCUT2D eigenvalue weighted by molar-refractivity contribution is -0.120. The molecule has 5 N–H and O–H groups in total. The third-order valence-corrected chi connectivity index (χ3v) is 9.29. The molecule has 1 aliphatic carbocycles. The summed E-state index contributed by atoms with van der Waals surface area (Å²) in [6, 6.07) is 19.5. The maximum Gasteiger partial charge on any atom is 0.258 e. The summed E-state index contributed by atoms with van der Waals surface area (Å²) in [6.45, 7) is 5.27. The molecule has 250 valence electrons. The van der Waals surface area contributed by atoms with Crippen LogP contribution in [-0.4, -0.2) is 71.5 Å². The Bertz CT molecular complexity index is 1550. The third-order valence-electron chi connectivity index (χ3n) is 9.29. The Morgan fingerprint density at radius 3 is 2.40 bits per heavy atom. The smallest absolute Gasteiger partial charge is 0.258 e. The zero-order valence-electron chi connectivity index (χ0n) is 27.6. The lowest BCUT2D eigenvalue weighted by atomic mass is 9.88. The molecule has 0 unspecified atom stereocenters. The molecule has 1 heterocycles.